The van der Waals surface area contributed by atoms with Gasteiger partial charge in [-0.15, -0.1) is 0 Å². The van der Waals surface area contributed by atoms with Crippen LogP contribution in [0.25, 0.3) is 0 Å². The van der Waals surface area contributed by atoms with Crippen molar-refractivity contribution < 1.29 is 4.79 Å². The topological polar surface area (TPSA) is 29.4 Å². The van der Waals surface area contributed by atoms with Crippen molar-refractivity contribution in [3.05, 3.63) is 12.8 Å². The van der Waals surface area contributed by atoms with Gasteiger partial charge in [0.15, 0.2) is 6.29 Å². The van der Waals surface area contributed by atoms with E-state index in [2.05, 4.69) is 11.6 Å². The maximum absolute atomic E-state index is 9.72. The number of hydrogen-bond acceptors (Lipinski definition) is 2. The summed E-state index contributed by atoms with van der Waals surface area (Å²) in [6, 6.07) is 0. The number of carbonyl (C=O) groups excluding carboxylic acids is 1. The van der Waals surface area contributed by atoms with Crippen LogP contribution in [0.15, 0.2) is 17.8 Å². The minimum absolute atomic E-state index is 0.454. The largest absolute Gasteiger partial charge is 0.297 e. The molecule has 7 heavy (non-hydrogen) atoms. The predicted octanol–water partition coefficient (Wildman–Crippen LogP) is 0.790. The maximum atomic E-state index is 9.72. The van der Waals surface area contributed by atoms with Crippen LogP contribution in [0.2, 0.25) is 0 Å². The van der Waals surface area contributed by atoms with Gasteiger partial charge in [-0.1, -0.05) is 6.58 Å². The molecule has 0 atom stereocenters. The first kappa shape index (κ1) is 6.08. The summed E-state index contributed by atoms with van der Waals surface area (Å²) in [7, 11) is 0. The Labute approximate surface area is 42.6 Å². The van der Waals surface area contributed by atoms with Crippen LogP contribution in [0.5, 0.6) is 0 Å². The van der Waals surface area contributed by atoms with E-state index in [1.807, 2.05) is 0 Å². The molecule has 0 heterocycles. The van der Waals surface area contributed by atoms with E-state index < -0.39 is 0 Å². The van der Waals surface area contributed by atoms with Crippen molar-refractivity contribution in [1.29, 1.82) is 0 Å². The first-order chi connectivity index (χ1) is 3.31. The molecule has 2 nitrogen and oxygen atoms in total. The van der Waals surface area contributed by atoms with Gasteiger partial charge in [0, 0.05) is 6.20 Å². The summed E-state index contributed by atoms with van der Waals surface area (Å²) in [5.74, 6) is 0. The second kappa shape index (κ2) is 3.28. The molecule has 0 radical (unpaired) electrons. The highest BCUT2D eigenvalue weighted by Gasteiger charge is 1.76. The lowest BCUT2D eigenvalue weighted by Crippen LogP contribution is -1.87. The van der Waals surface area contributed by atoms with Gasteiger partial charge in [0.2, 0.25) is 0 Å². The Morgan fingerprint density at radius 2 is 2.43 bits per heavy atom. The summed E-state index contributed by atoms with van der Waals surface area (Å²) in [5, 5.41) is 0. The van der Waals surface area contributed by atoms with Crippen molar-refractivity contribution in [2.45, 2.75) is 6.92 Å². The predicted molar refractivity (Wildman–Crippen MR) is 29.4 cm³/mol. The lowest BCUT2D eigenvalue weighted by molar-refractivity contribution is -0.102. The third-order valence-electron chi connectivity index (χ3n) is 0.465. The van der Waals surface area contributed by atoms with Crippen LogP contribution in [0, 0.1) is 0 Å². The summed E-state index contributed by atoms with van der Waals surface area (Å²) in [6.45, 7) is 4.92. The quantitative estimate of drug-likeness (QED) is 0.370. The number of carbonyl (C=O) groups is 1. The average Bonchev–Trinajstić information content (AvgIpc) is 1.68. The summed E-state index contributed by atoms with van der Waals surface area (Å²) < 4.78 is 0. The maximum Gasteiger partial charge on any atom is 0.163 e. The van der Waals surface area contributed by atoms with E-state index in [1.165, 1.54) is 6.20 Å². The van der Waals surface area contributed by atoms with E-state index in [9.17, 15) is 4.79 Å². The summed E-state index contributed by atoms with van der Waals surface area (Å²) in [5.41, 5.74) is 0.454. The number of hydrogen-bond donors (Lipinski definition) is 0. The zero-order valence-electron chi connectivity index (χ0n) is 4.22. The van der Waals surface area contributed by atoms with Gasteiger partial charge in [0.05, 0.1) is 5.71 Å². The van der Waals surface area contributed by atoms with Crippen LogP contribution in [0.4, 0.5) is 0 Å². The third kappa shape index (κ3) is 2.89. The lowest BCUT2D eigenvalue weighted by atomic mass is 10.5. The molecule has 0 saturated carbocycles. The molecule has 0 N–H and O–H groups in total. The van der Waals surface area contributed by atoms with Gasteiger partial charge in [0.1, 0.15) is 0 Å². The van der Waals surface area contributed by atoms with Gasteiger partial charge < -0.3 is 0 Å². The normalized spacial score (nSPS) is 10.7. The van der Waals surface area contributed by atoms with Crippen LogP contribution < -0.4 is 0 Å². The van der Waals surface area contributed by atoms with Crippen molar-refractivity contribution in [3.63, 3.8) is 0 Å². The third-order valence-corrected chi connectivity index (χ3v) is 0.465. The van der Waals surface area contributed by atoms with Crippen LogP contribution in [0.3, 0.4) is 0 Å². The van der Waals surface area contributed by atoms with Gasteiger partial charge in [-0.25, -0.2) is 0 Å². The van der Waals surface area contributed by atoms with Gasteiger partial charge in [-0.3, -0.25) is 9.79 Å². The van der Waals surface area contributed by atoms with Crippen LogP contribution in [-0.4, -0.2) is 12.0 Å². The van der Waals surface area contributed by atoms with E-state index in [0.29, 0.717) is 12.0 Å². The first-order valence-electron chi connectivity index (χ1n) is 1.91. The molecule has 0 bridgehead atoms. The molecule has 38 valence electrons. The average molecular weight is 97.1 g/mol. The molecule has 0 spiro atoms. The van der Waals surface area contributed by atoms with Crippen molar-refractivity contribution >= 4 is 12.0 Å². The van der Waals surface area contributed by atoms with E-state index in [0.717, 1.165) is 0 Å². The smallest absolute Gasteiger partial charge is 0.163 e. The van der Waals surface area contributed by atoms with Gasteiger partial charge in [0.25, 0.3) is 0 Å². The van der Waals surface area contributed by atoms with E-state index >= 15 is 0 Å². The fourth-order valence-corrected chi connectivity index (χ4v) is 0.174. The molecule has 0 saturated heterocycles. The van der Waals surface area contributed by atoms with Gasteiger partial charge >= 0.3 is 0 Å². The number of rotatable bonds is 2. The molecule has 0 aromatic heterocycles. The molecular formula is C5H7NO. The first-order valence-corrected chi connectivity index (χ1v) is 1.91. The highest BCUT2D eigenvalue weighted by atomic mass is 16.1. The Balaban J connectivity index is 3.72. The zero-order chi connectivity index (χ0) is 5.70. The van der Waals surface area contributed by atoms with Crippen molar-refractivity contribution in [1.82, 2.24) is 0 Å². The number of nitrogens with zero attached hydrogens (tertiary/aromatic N) is 1. The molecule has 0 aromatic carbocycles. The van der Waals surface area contributed by atoms with Crippen molar-refractivity contribution in [2.24, 2.45) is 4.99 Å². The fourth-order valence-electron chi connectivity index (χ4n) is 0.174. The Morgan fingerprint density at radius 3 is 2.57 bits per heavy atom. The standard InChI is InChI=1S/C5H7NO/c1-3-6-5(2)4-7/h3-4H,1H2,2H3. The zero-order valence-corrected chi connectivity index (χ0v) is 4.22. The Kier molecular flexibility index (Phi) is 2.85. The molecule has 0 aliphatic rings. The Bertz CT molecular complexity index is 105. The monoisotopic (exact) mass is 97.1 g/mol. The summed E-state index contributed by atoms with van der Waals surface area (Å²) in [4.78, 5) is 13.3. The SMILES string of the molecule is C=CN=C(C)C=O. The molecule has 2 heteroatoms. The number of aldehydes is 1. The van der Waals surface area contributed by atoms with Crippen LogP contribution >= 0.6 is 0 Å². The second-order valence-electron chi connectivity index (χ2n) is 1.07. The van der Waals surface area contributed by atoms with Gasteiger partial charge in [-0.05, 0) is 6.92 Å². The molecule has 0 aliphatic carbocycles. The highest BCUT2D eigenvalue weighted by molar-refractivity contribution is 6.27. The molecule has 0 unspecified atom stereocenters. The van der Waals surface area contributed by atoms with Crippen molar-refractivity contribution in [2.75, 3.05) is 0 Å². The van der Waals surface area contributed by atoms with Crippen LogP contribution in [-0.2, 0) is 4.79 Å². The minimum atomic E-state index is 0.454. The molecule has 0 aromatic rings. The second-order valence-corrected chi connectivity index (χ2v) is 1.07. The molecule has 0 rings (SSSR count). The Hall–Kier alpha value is -0.920. The van der Waals surface area contributed by atoms with E-state index in [1.54, 1.807) is 6.92 Å². The molecule has 0 aliphatic heterocycles. The van der Waals surface area contributed by atoms with Crippen LogP contribution in [0.1, 0.15) is 6.92 Å². The highest BCUT2D eigenvalue weighted by Crippen LogP contribution is 1.69. The van der Waals surface area contributed by atoms with E-state index in [4.69, 9.17) is 0 Å². The van der Waals surface area contributed by atoms with Crippen molar-refractivity contribution in [3.8, 4) is 0 Å². The fraction of sp³-hybridized carbons (Fsp3) is 0.200. The molecule has 0 amide bonds. The van der Waals surface area contributed by atoms with Gasteiger partial charge in [-0.2, -0.15) is 0 Å². The molecule has 0 fully saturated rings. The summed E-state index contributed by atoms with van der Waals surface area (Å²) in [6.07, 6.45) is 2.02. The molecular weight excluding hydrogens is 90.1 g/mol. The Morgan fingerprint density at radius 1 is 1.86 bits per heavy atom. The minimum Gasteiger partial charge on any atom is -0.297 e. The number of aliphatic imine (C=N–C) groups is 1. The lowest BCUT2D eigenvalue weighted by Gasteiger charge is -1.75. The summed E-state index contributed by atoms with van der Waals surface area (Å²) >= 11 is 0. The van der Waals surface area contributed by atoms with E-state index in [-0.39, 0.29) is 0 Å².